The standard InChI is InChI=1S/C51H81N7O12/c1-30(2)37(28-31(3)41(60)54-35(45(65)66)25-26-38(59)53-34(44(63)64)23-20-21-27-52-46(67)69-49(7,8)9)57(16)43(62)39(48(4,5)6)55-42(61)40(58(17)47(68)70-50(10,11)12)51(13,14)33-29-56(15)36-24-19-18-22-32(33)36/h18-19,22,24,28-30,34-35,37,39-40H,20-21,23,25-27H2,1-17H3,(H,52,67)(H,53,59)(H,54,60)(H,55,61)(H,63,64)(H,65,66)/b31-28+. The van der Waals surface area contributed by atoms with Crippen molar-refractivity contribution in [2.75, 3.05) is 20.6 Å². The van der Waals surface area contributed by atoms with Gasteiger partial charge in [0.15, 0.2) is 0 Å². The first-order valence-corrected chi connectivity index (χ1v) is 23.8. The molecule has 0 aliphatic heterocycles. The Kier molecular flexibility index (Phi) is 21.1. The summed E-state index contributed by atoms with van der Waals surface area (Å²) in [6.07, 6.45) is 2.16. The molecule has 70 heavy (non-hydrogen) atoms. The third kappa shape index (κ3) is 17.7. The zero-order valence-electron chi connectivity index (χ0n) is 44.5. The molecule has 2 aromatic rings. The van der Waals surface area contributed by atoms with Crippen LogP contribution in [0.25, 0.3) is 10.9 Å². The van der Waals surface area contributed by atoms with Gasteiger partial charge in [-0.15, -0.1) is 0 Å². The fourth-order valence-electron chi connectivity index (χ4n) is 8.04. The summed E-state index contributed by atoms with van der Waals surface area (Å²) < 4.78 is 12.9. The summed E-state index contributed by atoms with van der Waals surface area (Å²) in [5.74, 6) is -5.58. The Hall–Kier alpha value is -6.14. The number of carbonyl (C=O) groups excluding carboxylic acids is 6. The maximum atomic E-state index is 14.9. The van der Waals surface area contributed by atoms with E-state index in [1.165, 1.54) is 29.8 Å². The molecule has 19 nitrogen and oxygen atoms in total. The Morgan fingerprint density at radius 3 is 1.84 bits per heavy atom. The van der Waals surface area contributed by atoms with Gasteiger partial charge in [-0.2, -0.15) is 0 Å². The maximum Gasteiger partial charge on any atom is 0.410 e. The van der Waals surface area contributed by atoms with Crippen molar-refractivity contribution in [2.24, 2.45) is 18.4 Å². The first kappa shape index (κ1) is 60.0. The van der Waals surface area contributed by atoms with Crippen molar-refractivity contribution in [3.05, 3.63) is 47.7 Å². The summed E-state index contributed by atoms with van der Waals surface area (Å²) in [7, 11) is 4.95. The van der Waals surface area contributed by atoms with Crippen molar-refractivity contribution in [1.82, 2.24) is 35.6 Å². The van der Waals surface area contributed by atoms with E-state index in [0.29, 0.717) is 12.8 Å². The van der Waals surface area contributed by atoms with Gasteiger partial charge >= 0.3 is 24.1 Å². The lowest BCUT2D eigenvalue weighted by molar-refractivity contribution is -0.143. The highest BCUT2D eigenvalue weighted by molar-refractivity contribution is 5.97. The minimum atomic E-state index is -1.52. The summed E-state index contributed by atoms with van der Waals surface area (Å²) in [4.78, 5) is 108. The predicted octanol–water partition coefficient (Wildman–Crippen LogP) is 6.27. The number of nitrogens with zero attached hydrogens (tertiary/aromatic N) is 3. The van der Waals surface area contributed by atoms with Crippen LogP contribution in [0.15, 0.2) is 42.1 Å². The van der Waals surface area contributed by atoms with Gasteiger partial charge in [-0.3, -0.25) is 24.1 Å². The molecule has 0 saturated heterocycles. The number of likely N-dealkylation sites (N-methyl/N-ethyl adjacent to an activating group) is 2. The van der Waals surface area contributed by atoms with Gasteiger partial charge in [0.25, 0.3) is 0 Å². The average Bonchev–Trinajstić information content (AvgIpc) is 3.56. The number of benzene rings is 1. The summed E-state index contributed by atoms with van der Waals surface area (Å²) in [6.45, 7) is 24.9. The minimum absolute atomic E-state index is 0.0486. The molecular formula is C51H81N7O12. The van der Waals surface area contributed by atoms with Gasteiger partial charge < -0.3 is 50.4 Å². The summed E-state index contributed by atoms with van der Waals surface area (Å²) in [5, 5.41) is 31.0. The van der Waals surface area contributed by atoms with E-state index in [-0.39, 0.29) is 30.9 Å². The highest BCUT2D eigenvalue weighted by atomic mass is 16.6. The highest BCUT2D eigenvalue weighted by Crippen LogP contribution is 2.37. The van der Waals surface area contributed by atoms with E-state index in [1.54, 1.807) is 69.4 Å². The Labute approximate surface area is 413 Å². The minimum Gasteiger partial charge on any atom is -0.480 e. The van der Waals surface area contributed by atoms with Crippen LogP contribution in [-0.4, -0.2) is 134 Å². The molecule has 1 aromatic heterocycles. The van der Waals surface area contributed by atoms with Gasteiger partial charge in [-0.25, -0.2) is 19.2 Å². The fraction of sp³-hybridized carbons (Fsp3) is 0.647. The topological polar surface area (TPSA) is 255 Å². The lowest BCUT2D eigenvalue weighted by Gasteiger charge is -2.42. The van der Waals surface area contributed by atoms with Crippen LogP contribution >= 0.6 is 0 Å². The molecule has 0 aliphatic rings. The van der Waals surface area contributed by atoms with E-state index < -0.39 is 106 Å². The number of alkyl carbamates (subject to hydrolysis) is 1. The normalized spacial score (nSPS) is 14.6. The number of carbonyl (C=O) groups is 8. The zero-order chi connectivity index (χ0) is 53.9. The van der Waals surface area contributed by atoms with Gasteiger partial charge in [0.2, 0.25) is 23.6 Å². The lowest BCUT2D eigenvalue weighted by Crippen LogP contribution is -2.63. The SMILES string of the molecule is C/C(=C\C(C(C)C)N(C)C(=O)C(NC(=O)C(N(C)C(=O)OC(C)(C)C)C(C)(C)c1cn(C)c2ccccc12)C(C)(C)C)C(=O)NC(CCC(=O)NC(CCCCNC(=O)OC(C)(C)C)C(=O)O)C(=O)O. The number of carboxylic acid groups (broad SMARTS) is 2. The molecule has 0 aliphatic carbocycles. The van der Waals surface area contributed by atoms with Gasteiger partial charge in [-0.05, 0) is 97.1 Å². The molecule has 0 spiro atoms. The third-order valence-corrected chi connectivity index (χ3v) is 11.7. The molecule has 1 aromatic carbocycles. The summed E-state index contributed by atoms with van der Waals surface area (Å²) in [5.41, 5.74) is -1.66. The molecule has 6 amide bonds. The Morgan fingerprint density at radius 1 is 0.757 bits per heavy atom. The maximum absolute atomic E-state index is 14.9. The number of aryl methyl sites for hydroxylation is 1. The number of ether oxygens (including phenoxy) is 2. The second-order valence-electron chi connectivity index (χ2n) is 22.0. The van der Waals surface area contributed by atoms with Crippen LogP contribution in [0.2, 0.25) is 0 Å². The molecule has 0 bridgehead atoms. The number of para-hydroxylation sites is 1. The molecule has 6 N–H and O–H groups in total. The molecule has 5 unspecified atom stereocenters. The van der Waals surface area contributed by atoms with Crippen LogP contribution in [-0.2, 0) is 50.7 Å². The number of nitrogens with one attached hydrogen (secondary N) is 4. The molecule has 19 heteroatoms. The summed E-state index contributed by atoms with van der Waals surface area (Å²) >= 11 is 0. The predicted molar refractivity (Wildman–Crippen MR) is 267 cm³/mol. The van der Waals surface area contributed by atoms with Crippen molar-refractivity contribution in [3.63, 3.8) is 0 Å². The van der Waals surface area contributed by atoms with Crippen molar-refractivity contribution in [1.29, 1.82) is 0 Å². The van der Waals surface area contributed by atoms with E-state index >= 15 is 0 Å². The monoisotopic (exact) mass is 984 g/mol. The Morgan fingerprint density at radius 2 is 1.31 bits per heavy atom. The van der Waals surface area contributed by atoms with Crippen LogP contribution in [0.4, 0.5) is 9.59 Å². The van der Waals surface area contributed by atoms with Crippen molar-refractivity contribution >= 4 is 58.7 Å². The van der Waals surface area contributed by atoms with E-state index in [9.17, 15) is 48.6 Å². The summed E-state index contributed by atoms with van der Waals surface area (Å²) in [6, 6.07) is 1.89. The first-order chi connectivity index (χ1) is 32.0. The molecule has 1 heterocycles. The zero-order valence-corrected chi connectivity index (χ0v) is 44.5. The van der Waals surface area contributed by atoms with Gasteiger partial charge in [0.05, 0.1) is 6.04 Å². The van der Waals surface area contributed by atoms with E-state index in [4.69, 9.17) is 9.47 Å². The largest absolute Gasteiger partial charge is 0.480 e. The number of hydrogen-bond acceptors (Lipinski definition) is 10. The number of unbranched alkanes of at least 4 members (excludes halogenated alkanes) is 1. The average molecular weight is 984 g/mol. The van der Waals surface area contributed by atoms with Crippen LogP contribution in [0.3, 0.4) is 0 Å². The smallest absolute Gasteiger partial charge is 0.410 e. The highest BCUT2D eigenvalue weighted by Gasteiger charge is 2.47. The van der Waals surface area contributed by atoms with Crippen LogP contribution in [0.1, 0.15) is 135 Å². The molecule has 0 radical (unpaired) electrons. The van der Waals surface area contributed by atoms with Crippen LogP contribution in [0.5, 0.6) is 0 Å². The molecule has 5 atom stereocenters. The number of fused-ring (bicyclic) bond motifs is 1. The Balaban J connectivity index is 2.31. The molecular weight excluding hydrogens is 903 g/mol. The second kappa shape index (κ2) is 24.6. The number of amides is 6. The van der Waals surface area contributed by atoms with Crippen molar-refractivity contribution < 1.29 is 58.0 Å². The first-order valence-electron chi connectivity index (χ1n) is 23.8. The van der Waals surface area contributed by atoms with Gasteiger partial charge in [0, 0.05) is 62.2 Å². The number of carboxylic acids is 2. The third-order valence-electron chi connectivity index (χ3n) is 11.7. The van der Waals surface area contributed by atoms with Crippen molar-refractivity contribution in [3.8, 4) is 0 Å². The fourth-order valence-corrected chi connectivity index (χ4v) is 8.04. The quantitative estimate of drug-likeness (QED) is 0.0564. The van der Waals surface area contributed by atoms with Gasteiger partial charge in [0.1, 0.15) is 35.4 Å². The molecule has 0 fully saturated rings. The van der Waals surface area contributed by atoms with E-state index in [0.717, 1.165) is 16.5 Å². The van der Waals surface area contributed by atoms with Gasteiger partial charge in [-0.1, -0.05) is 72.7 Å². The molecule has 392 valence electrons. The number of aromatic nitrogens is 1. The number of aliphatic carboxylic acids is 2. The van der Waals surface area contributed by atoms with Crippen LogP contribution in [0, 0.1) is 11.3 Å². The number of hydrogen-bond donors (Lipinski definition) is 6. The molecule has 0 saturated carbocycles. The van der Waals surface area contributed by atoms with Crippen molar-refractivity contribution in [2.45, 2.75) is 176 Å². The number of rotatable bonds is 22. The van der Waals surface area contributed by atoms with E-state index in [2.05, 4.69) is 21.3 Å². The van der Waals surface area contributed by atoms with Crippen LogP contribution < -0.4 is 21.3 Å². The molecule has 2 rings (SSSR count). The second-order valence-corrected chi connectivity index (χ2v) is 22.0. The Bertz CT molecular complexity index is 2230. The van der Waals surface area contributed by atoms with E-state index in [1.807, 2.05) is 69.8 Å². The lowest BCUT2D eigenvalue weighted by atomic mass is 9.76.